The molecule has 1 heterocycles. The molecule has 1 aliphatic rings. The Hall–Kier alpha value is -1.92. The molecule has 1 aromatic rings. The third-order valence-corrected chi connectivity index (χ3v) is 3.17. The molecule has 2 amide bonds. The number of aliphatic hydroxyl groups is 1. The van der Waals surface area contributed by atoms with Crippen LogP contribution < -0.4 is 4.74 Å². The fraction of sp³-hybridized carbons (Fsp3) is 0.429. The molecule has 1 N–H and O–H groups in total. The highest BCUT2D eigenvalue weighted by Crippen LogP contribution is 2.25. The van der Waals surface area contributed by atoms with Crippen molar-refractivity contribution < 1.29 is 24.2 Å². The van der Waals surface area contributed by atoms with Gasteiger partial charge in [-0.3, -0.25) is 14.5 Å². The summed E-state index contributed by atoms with van der Waals surface area (Å²) >= 11 is 0. The van der Waals surface area contributed by atoms with E-state index in [0.717, 1.165) is 4.90 Å². The molecule has 0 aromatic heterocycles. The van der Waals surface area contributed by atoms with Crippen molar-refractivity contribution in [1.82, 2.24) is 4.90 Å². The molecule has 0 aliphatic carbocycles. The van der Waals surface area contributed by atoms with Gasteiger partial charge in [-0.2, -0.15) is 0 Å². The second-order valence-corrected chi connectivity index (χ2v) is 4.61. The van der Waals surface area contributed by atoms with Gasteiger partial charge in [0, 0.05) is 5.56 Å². The number of carbonyl (C=O) groups is 2. The van der Waals surface area contributed by atoms with Crippen molar-refractivity contribution in [2.45, 2.75) is 19.6 Å². The average molecular weight is 279 g/mol. The van der Waals surface area contributed by atoms with Crippen LogP contribution in [-0.2, 0) is 20.9 Å². The standard InChI is InChI=1S/C14H17NO5/c1-9(16)10-3-4-12(19-2)11(5-10)6-15-13(17)7-20-8-14(15)18/h3-5,9,16H,6-8H2,1-2H3. The number of nitrogens with zero attached hydrogens (tertiary/aromatic N) is 1. The molecule has 20 heavy (non-hydrogen) atoms. The summed E-state index contributed by atoms with van der Waals surface area (Å²) in [4.78, 5) is 24.6. The average Bonchev–Trinajstić information content (AvgIpc) is 2.42. The number of methoxy groups -OCH3 is 1. The molecule has 1 saturated heterocycles. The lowest BCUT2D eigenvalue weighted by atomic mass is 10.1. The van der Waals surface area contributed by atoms with E-state index in [2.05, 4.69) is 0 Å². The van der Waals surface area contributed by atoms with Crippen LogP contribution in [-0.4, -0.2) is 42.1 Å². The molecule has 1 atom stereocenters. The van der Waals surface area contributed by atoms with Crippen molar-refractivity contribution in [2.75, 3.05) is 20.3 Å². The van der Waals surface area contributed by atoms with Crippen LogP contribution in [0.1, 0.15) is 24.2 Å². The van der Waals surface area contributed by atoms with Crippen molar-refractivity contribution in [2.24, 2.45) is 0 Å². The van der Waals surface area contributed by atoms with Gasteiger partial charge in [0.25, 0.3) is 11.8 Å². The van der Waals surface area contributed by atoms with Crippen molar-refractivity contribution in [3.63, 3.8) is 0 Å². The molecule has 0 bridgehead atoms. The SMILES string of the molecule is COc1ccc(C(C)O)cc1CN1C(=O)COCC1=O. The normalized spacial score (nSPS) is 17.2. The van der Waals surface area contributed by atoms with Crippen LogP contribution in [0.5, 0.6) is 5.75 Å². The maximum atomic E-state index is 11.7. The Balaban J connectivity index is 2.28. The van der Waals surface area contributed by atoms with E-state index in [0.29, 0.717) is 16.9 Å². The Morgan fingerprint density at radius 1 is 1.35 bits per heavy atom. The largest absolute Gasteiger partial charge is 0.496 e. The van der Waals surface area contributed by atoms with Crippen LogP contribution in [0.2, 0.25) is 0 Å². The topological polar surface area (TPSA) is 76.1 Å². The van der Waals surface area contributed by atoms with E-state index in [1.165, 1.54) is 7.11 Å². The molecule has 1 aliphatic heterocycles. The predicted molar refractivity (Wildman–Crippen MR) is 70.0 cm³/mol. The summed E-state index contributed by atoms with van der Waals surface area (Å²) in [7, 11) is 1.52. The third-order valence-electron chi connectivity index (χ3n) is 3.17. The van der Waals surface area contributed by atoms with Crippen LogP contribution in [0.25, 0.3) is 0 Å². The summed E-state index contributed by atoms with van der Waals surface area (Å²) in [6.45, 7) is 1.58. The molecule has 0 radical (unpaired) electrons. The van der Waals surface area contributed by atoms with E-state index in [1.807, 2.05) is 0 Å². The van der Waals surface area contributed by atoms with Crippen LogP contribution in [0, 0.1) is 0 Å². The van der Waals surface area contributed by atoms with E-state index < -0.39 is 6.10 Å². The number of hydrogen-bond acceptors (Lipinski definition) is 5. The first kappa shape index (κ1) is 14.5. The summed E-state index contributed by atoms with van der Waals surface area (Å²) in [5.41, 5.74) is 1.38. The number of carbonyl (C=O) groups excluding carboxylic acids is 2. The Kier molecular flexibility index (Phi) is 4.36. The summed E-state index contributed by atoms with van der Waals surface area (Å²) in [5.74, 6) is -0.169. The molecular formula is C14H17NO5. The number of hydrogen-bond donors (Lipinski definition) is 1. The molecule has 1 unspecified atom stereocenters. The van der Waals surface area contributed by atoms with E-state index in [9.17, 15) is 14.7 Å². The number of imide groups is 1. The maximum absolute atomic E-state index is 11.7. The van der Waals surface area contributed by atoms with Gasteiger partial charge < -0.3 is 14.6 Å². The third kappa shape index (κ3) is 2.97. The van der Waals surface area contributed by atoms with Gasteiger partial charge in [0.1, 0.15) is 19.0 Å². The monoisotopic (exact) mass is 279 g/mol. The Labute approximate surface area is 116 Å². The van der Waals surface area contributed by atoms with Crippen LogP contribution in [0.4, 0.5) is 0 Å². The molecule has 0 spiro atoms. The number of amides is 2. The lowest BCUT2D eigenvalue weighted by Crippen LogP contribution is -2.45. The smallest absolute Gasteiger partial charge is 0.255 e. The number of aliphatic hydroxyl groups excluding tert-OH is 1. The molecule has 108 valence electrons. The van der Waals surface area contributed by atoms with Crippen molar-refractivity contribution in [1.29, 1.82) is 0 Å². The van der Waals surface area contributed by atoms with Gasteiger partial charge in [-0.05, 0) is 24.6 Å². The predicted octanol–water partition coefficient (Wildman–Crippen LogP) is 0.634. The number of benzene rings is 1. The number of rotatable bonds is 4. The van der Waals surface area contributed by atoms with Crippen LogP contribution >= 0.6 is 0 Å². The number of morpholine rings is 1. The Bertz CT molecular complexity index is 510. The first-order chi connectivity index (χ1) is 9.52. The second-order valence-electron chi connectivity index (χ2n) is 4.61. The first-order valence-corrected chi connectivity index (χ1v) is 6.28. The second kappa shape index (κ2) is 6.02. The highest BCUT2D eigenvalue weighted by atomic mass is 16.5. The zero-order valence-electron chi connectivity index (χ0n) is 11.5. The van der Waals surface area contributed by atoms with E-state index in [4.69, 9.17) is 9.47 Å². The Morgan fingerprint density at radius 3 is 2.55 bits per heavy atom. The van der Waals surface area contributed by atoms with Crippen LogP contribution in [0.3, 0.4) is 0 Å². The number of ether oxygens (including phenoxy) is 2. The highest BCUT2D eigenvalue weighted by Gasteiger charge is 2.27. The minimum absolute atomic E-state index is 0.0931. The highest BCUT2D eigenvalue weighted by molar-refractivity contribution is 5.98. The fourth-order valence-electron chi connectivity index (χ4n) is 2.05. The van der Waals surface area contributed by atoms with E-state index in [1.54, 1.807) is 25.1 Å². The zero-order chi connectivity index (χ0) is 14.7. The van der Waals surface area contributed by atoms with Gasteiger partial charge in [0.05, 0.1) is 19.8 Å². The molecule has 1 aromatic carbocycles. The van der Waals surface area contributed by atoms with Gasteiger partial charge in [-0.1, -0.05) is 6.07 Å². The van der Waals surface area contributed by atoms with Gasteiger partial charge >= 0.3 is 0 Å². The van der Waals surface area contributed by atoms with Gasteiger partial charge in [0.2, 0.25) is 0 Å². The fourth-order valence-corrected chi connectivity index (χ4v) is 2.05. The molecule has 1 fully saturated rings. The zero-order valence-corrected chi connectivity index (χ0v) is 11.5. The minimum atomic E-state index is -0.629. The lowest BCUT2D eigenvalue weighted by Gasteiger charge is -2.25. The van der Waals surface area contributed by atoms with Crippen molar-refractivity contribution >= 4 is 11.8 Å². The first-order valence-electron chi connectivity index (χ1n) is 6.28. The summed E-state index contributed by atoms with van der Waals surface area (Å²) in [6, 6.07) is 5.20. The van der Waals surface area contributed by atoms with Gasteiger partial charge in [-0.15, -0.1) is 0 Å². The molecule has 2 rings (SSSR count). The van der Waals surface area contributed by atoms with Gasteiger partial charge in [0.15, 0.2) is 0 Å². The summed E-state index contributed by atoms with van der Waals surface area (Å²) < 4.78 is 10.1. The summed E-state index contributed by atoms with van der Waals surface area (Å²) in [6.07, 6.45) is -0.629. The van der Waals surface area contributed by atoms with Crippen molar-refractivity contribution in [3.8, 4) is 5.75 Å². The van der Waals surface area contributed by atoms with E-state index in [-0.39, 0.29) is 31.6 Å². The summed E-state index contributed by atoms with van der Waals surface area (Å²) in [5, 5.41) is 9.61. The Morgan fingerprint density at radius 2 is 2.00 bits per heavy atom. The molecular weight excluding hydrogens is 262 g/mol. The van der Waals surface area contributed by atoms with E-state index >= 15 is 0 Å². The van der Waals surface area contributed by atoms with Crippen molar-refractivity contribution in [3.05, 3.63) is 29.3 Å². The molecule has 6 heteroatoms. The lowest BCUT2D eigenvalue weighted by molar-refractivity contribution is -0.159. The van der Waals surface area contributed by atoms with Crippen LogP contribution in [0.15, 0.2) is 18.2 Å². The van der Waals surface area contributed by atoms with Gasteiger partial charge in [-0.25, -0.2) is 0 Å². The molecule has 0 saturated carbocycles. The molecule has 6 nitrogen and oxygen atoms in total. The maximum Gasteiger partial charge on any atom is 0.255 e. The quantitative estimate of drug-likeness (QED) is 0.818. The minimum Gasteiger partial charge on any atom is -0.496 e.